The molecule has 0 saturated carbocycles. The predicted molar refractivity (Wildman–Crippen MR) is 145 cm³/mol. The van der Waals surface area contributed by atoms with Crippen LogP contribution in [0, 0.1) is 12.8 Å². The van der Waals surface area contributed by atoms with E-state index in [-0.39, 0.29) is 17.7 Å². The van der Waals surface area contributed by atoms with E-state index in [9.17, 15) is 9.59 Å². The van der Waals surface area contributed by atoms with Crippen LogP contribution >= 0.6 is 0 Å². The molecule has 0 bridgehead atoms. The normalized spacial score (nSPS) is 13.9. The third-order valence-electron chi connectivity index (χ3n) is 6.92. The first-order valence-corrected chi connectivity index (χ1v) is 12.8. The van der Waals surface area contributed by atoms with Gasteiger partial charge in [-0.05, 0) is 61.6 Å². The number of benzene rings is 2. The number of para-hydroxylation sites is 1. The van der Waals surface area contributed by atoms with Gasteiger partial charge in [0.05, 0.1) is 11.3 Å². The van der Waals surface area contributed by atoms with Crippen LogP contribution in [-0.2, 0) is 11.2 Å². The van der Waals surface area contributed by atoms with E-state index in [1.54, 1.807) is 10.9 Å². The Morgan fingerprint density at radius 1 is 1.00 bits per heavy atom. The van der Waals surface area contributed by atoms with Crippen LogP contribution in [0.4, 0.5) is 5.82 Å². The highest BCUT2D eigenvalue weighted by Crippen LogP contribution is 2.28. The van der Waals surface area contributed by atoms with Gasteiger partial charge in [-0.2, -0.15) is 5.10 Å². The fourth-order valence-electron chi connectivity index (χ4n) is 4.70. The average Bonchev–Trinajstić information content (AvgIpc) is 3.39. The summed E-state index contributed by atoms with van der Waals surface area (Å²) in [5.41, 5.74) is 5.33. The van der Waals surface area contributed by atoms with Crippen LogP contribution in [0.5, 0.6) is 0 Å². The fraction of sp³-hybridized carbons (Fsp3) is 0.267. The molecule has 188 valence electrons. The summed E-state index contributed by atoms with van der Waals surface area (Å²) in [5, 5.41) is 7.74. The van der Waals surface area contributed by atoms with Crippen molar-refractivity contribution < 1.29 is 9.59 Å². The number of likely N-dealkylation sites (tertiary alicyclic amines) is 1. The standard InChI is InChI=1S/C30H31N5O2/c1-3-22-9-11-23(12-10-22)28-26(20-35(33-28)25-7-5-4-6-8-25)30(37)34-17-14-24(15-18-34)29(36)32-27-19-21(2)13-16-31-27/h4-13,16,19-20,24H,3,14-15,17-18H2,1-2H3,(H,31,32,36). The lowest BCUT2D eigenvalue weighted by Crippen LogP contribution is -2.41. The summed E-state index contributed by atoms with van der Waals surface area (Å²) in [7, 11) is 0. The molecule has 4 aromatic rings. The van der Waals surface area contributed by atoms with Crippen molar-refractivity contribution in [3.8, 4) is 16.9 Å². The quantitative estimate of drug-likeness (QED) is 0.396. The lowest BCUT2D eigenvalue weighted by Gasteiger charge is -2.31. The Hall–Kier alpha value is -4.26. The minimum atomic E-state index is -0.153. The Bertz CT molecular complexity index is 1390. The second kappa shape index (κ2) is 10.8. The Balaban J connectivity index is 1.34. The molecule has 7 heteroatoms. The number of aryl methyl sites for hydroxylation is 2. The van der Waals surface area contributed by atoms with E-state index in [0.29, 0.717) is 43.0 Å². The number of rotatable bonds is 6. The van der Waals surface area contributed by atoms with Crippen molar-refractivity contribution in [1.82, 2.24) is 19.7 Å². The van der Waals surface area contributed by atoms with E-state index in [1.807, 2.05) is 72.6 Å². The summed E-state index contributed by atoms with van der Waals surface area (Å²) < 4.78 is 1.77. The maximum atomic E-state index is 13.7. The third-order valence-corrected chi connectivity index (χ3v) is 6.92. The number of hydrogen-bond acceptors (Lipinski definition) is 4. The first-order chi connectivity index (χ1) is 18.0. The molecule has 0 spiro atoms. The van der Waals surface area contributed by atoms with E-state index in [1.165, 1.54) is 5.56 Å². The number of piperidine rings is 1. The van der Waals surface area contributed by atoms with Gasteiger partial charge in [-0.1, -0.05) is 49.4 Å². The second-order valence-electron chi connectivity index (χ2n) is 9.50. The van der Waals surface area contributed by atoms with E-state index < -0.39 is 0 Å². The van der Waals surface area contributed by atoms with Crippen LogP contribution in [0.1, 0.15) is 41.3 Å². The van der Waals surface area contributed by atoms with Crippen molar-refractivity contribution >= 4 is 17.6 Å². The van der Waals surface area contributed by atoms with Crippen molar-refractivity contribution in [3.05, 3.63) is 95.8 Å². The third kappa shape index (κ3) is 5.45. The van der Waals surface area contributed by atoms with Crippen LogP contribution < -0.4 is 5.32 Å². The highest BCUT2D eigenvalue weighted by molar-refractivity contribution is 6.00. The van der Waals surface area contributed by atoms with Gasteiger partial charge in [0, 0.05) is 37.0 Å². The Morgan fingerprint density at radius 2 is 1.73 bits per heavy atom. The van der Waals surface area contributed by atoms with E-state index in [0.717, 1.165) is 23.2 Å². The SMILES string of the molecule is CCc1ccc(-c2nn(-c3ccccc3)cc2C(=O)N2CCC(C(=O)Nc3cc(C)ccn3)CC2)cc1. The maximum absolute atomic E-state index is 13.7. The number of amides is 2. The topological polar surface area (TPSA) is 80.1 Å². The Kier molecular flexibility index (Phi) is 7.12. The van der Waals surface area contributed by atoms with Gasteiger partial charge in [-0.15, -0.1) is 0 Å². The van der Waals surface area contributed by atoms with Crippen molar-refractivity contribution in [2.75, 3.05) is 18.4 Å². The molecule has 0 unspecified atom stereocenters. The molecule has 2 aromatic heterocycles. The summed E-state index contributed by atoms with van der Waals surface area (Å²) in [6, 6.07) is 21.8. The monoisotopic (exact) mass is 493 g/mol. The number of carbonyl (C=O) groups excluding carboxylic acids is 2. The molecule has 1 N–H and O–H groups in total. The number of hydrogen-bond donors (Lipinski definition) is 1. The maximum Gasteiger partial charge on any atom is 0.257 e. The lowest BCUT2D eigenvalue weighted by molar-refractivity contribution is -0.121. The van der Waals surface area contributed by atoms with Crippen molar-refractivity contribution in [2.24, 2.45) is 5.92 Å². The van der Waals surface area contributed by atoms with Crippen molar-refractivity contribution in [1.29, 1.82) is 0 Å². The molecule has 7 nitrogen and oxygen atoms in total. The summed E-state index contributed by atoms with van der Waals surface area (Å²) in [6.45, 7) is 5.12. The molecule has 3 heterocycles. The first-order valence-electron chi connectivity index (χ1n) is 12.8. The van der Waals surface area contributed by atoms with Crippen LogP contribution in [0.3, 0.4) is 0 Å². The second-order valence-corrected chi connectivity index (χ2v) is 9.50. The molecule has 1 fully saturated rings. The Morgan fingerprint density at radius 3 is 2.41 bits per heavy atom. The predicted octanol–water partition coefficient (Wildman–Crippen LogP) is 5.30. The fourth-order valence-corrected chi connectivity index (χ4v) is 4.70. The molecule has 0 radical (unpaired) electrons. The minimum Gasteiger partial charge on any atom is -0.338 e. The highest BCUT2D eigenvalue weighted by atomic mass is 16.2. The highest BCUT2D eigenvalue weighted by Gasteiger charge is 2.30. The average molecular weight is 494 g/mol. The van der Waals surface area contributed by atoms with Gasteiger partial charge in [0.15, 0.2) is 0 Å². The summed E-state index contributed by atoms with van der Waals surface area (Å²) in [6.07, 6.45) is 5.68. The molecule has 0 atom stereocenters. The molecule has 1 aliphatic heterocycles. The number of pyridine rings is 1. The molecule has 2 aromatic carbocycles. The lowest BCUT2D eigenvalue weighted by atomic mass is 9.95. The van der Waals surface area contributed by atoms with Gasteiger partial charge in [0.2, 0.25) is 5.91 Å². The van der Waals surface area contributed by atoms with Gasteiger partial charge in [-0.25, -0.2) is 9.67 Å². The van der Waals surface area contributed by atoms with Crippen molar-refractivity contribution in [3.63, 3.8) is 0 Å². The van der Waals surface area contributed by atoms with Crippen molar-refractivity contribution in [2.45, 2.75) is 33.1 Å². The smallest absolute Gasteiger partial charge is 0.257 e. The molecule has 5 rings (SSSR count). The van der Waals surface area contributed by atoms with Crippen LogP contribution in [0.15, 0.2) is 79.1 Å². The summed E-state index contributed by atoms with van der Waals surface area (Å²) in [5.74, 6) is 0.310. The van der Waals surface area contributed by atoms with Gasteiger partial charge in [0.25, 0.3) is 5.91 Å². The molecular weight excluding hydrogens is 462 g/mol. The summed E-state index contributed by atoms with van der Waals surface area (Å²) in [4.78, 5) is 32.6. The minimum absolute atomic E-state index is 0.0428. The zero-order chi connectivity index (χ0) is 25.8. The first kappa shape index (κ1) is 24.4. The molecular formula is C30H31N5O2. The van der Waals surface area contributed by atoms with E-state index in [2.05, 4.69) is 29.4 Å². The Labute approximate surface area is 217 Å². The number of nitrogens with zero attached hydrogens (tertiary/aromatic N) is 4. The van der Waals surface area contributed by atoms with E-state index >= 15 is 0 Å². The molecule has 0 aliphatic carbocycles. The number of anilines is 1. The van der Waals surface area contributed by atoms with Crippen LogP contribution in [0.25, 0.3) is 16.9 Å². The van der Waals surface area contributed by atoms with Gasteiger partial charge < -0.3 is 10.2 Å². The van der Waals surface area contributed by atoms with Gasteiger partial charge in [0.1, 0.15) is 11.5 Å². The molecule has 37 heavy (non-hydrogen) atoms. The van der Waals surface area contributed by atoms with Crippen LogP contribution in [-0.4, -0.2) is 44.6 Å². The van der Waals surface area contributed by atoms with E-state index in [4.69, 9.17) is 5.10 Å². The zero-order valence-corrected chi connectivity index (χ0v) is 21.2. The summed E-state index contributed by atoms with van der Waals surface area (Å²) >= 11 is 0. The van der Waals surface area contributed by atoms with Gasteiger partial charge >= 0.3 is 0 Å². The largest absolute Gasteiger partial charge is 0.338 e. The molecule has 1 aliphatic rings. The zero-order valence-electron chi connectivity index (χ0n) is 21.2. The van der Waals surface area contributed by atoms with Crippen LogP contribution in [0.2, 0.25) is 0 Å². The van der Waals surface area contributed by atoms with Gasteiger partial charge in [-0.3, -0.25) is 9.59 Å². The molecule has 2 amide bonds. The number of aromatic nitrogens is 3. The number of carbonyl (C=O) groups is 2. The molecule has 1 saturated heterocycles. The number of nitrogens with one attached hydrogen (secondary N) is 1.